The smallest absolute Gasteiger partial charge is 0.262 e. The highest BCUT2D eigenvalue weighted by Gasteiger charge is 2.26. The fourth-order valence-electron chi connectivity index (χ4n) is 4.48. The lowest BCUT2D eigenvalue weighted by atomic mass is 9.92. The molecule has 2 aliphatic rings. The molecular weight excluding hydrogens is 426 g/mol. The average Bonchev–Trinajstić information content (AvgIpc) is 2.77. The Labute approximate surface area is 190 Å². The number of hydrogen-bond donors (Lipinski definition) is 2. The van der Waals surface area contributed by atoms with Crippen LogP contribution in [-0.4, -0.2) is 49.1 Å². The van der Waals surface area contributed by atoms with Crippen LogP contribution >= 0.6 is 0 Å². The van der Waals surface area contributed by atoms with E-state index in [1.54, 1.807) is 18.2 Å². The molecule has 1 fully saturated rings. The summed E-state index contributed by atoms with van der Waals surface area (Å²) >= 11 is 0. The van der Waals surface area contributed by atoms with Crippen molar-refractivity contribution in [2.45, 2.75) is 26.7 Å². The maximum atomic E-state index is 13.1. The number of ether oxygens (including phenoxy) is 2. The van der Waals surface area contributed by atoms with Gasteiger partial charge >= 0.3 is 0 Å². The number of methoxy groups -OCH3 is 2. The van der Waals surface area contributed by atoms with E-state index in [1.165, 1.54) is 14.2 Å². The number of H-pyrrole nitrogens is 1. The first-order valence-corrected chi connectivity index (χ1v) is 10.8. The van der Waals surface area contributed by atoms with Gasteiger partial charge in [-0.2, -0.15) is 9.98 Å². The number of aromatic amines is 1. The average molecular weight is 453 g/mol. The Balaban J connectivity index is 1.74. The van der Waals surface area contributed by atoms with Gasteiger partial charge in [0.25, 0.3) is 17.4 Å². The van der Waals surface area contributed by atoms with Crippen molar-refractivity contribution in [3.63, 3.8) is 0 Å². The molecule has 2 unspecified atom stereocenters. The molecule has 2 amide bonds. The van der Waals surface area contributed by atoms with Crippen LogP contribution in [0.25, 0.3) is 5.57 Å². The van der Waals surface area contributed by atoms with Crippen molar-refractivity contribution in [2.24, 2.45) is 16.8 Å². The first-order valence-electron chi connectivity index (χ1n) is 10.8. The molecule has 0 spiro atoms. The summed E-state index contributed by atoms with van der Waals surface area (Å²) in [5, 5.41) is 2.73. The van der Waals surface area contributed by atoms with Gasteiger partial charge < -0.3 is 19.7 Å². The molecule has 2 aromatic rings. The number of fused-ring (bicyclic) bond motifs is 1. The number of piperidine rings is 1. The third kappa shape index (κ3) is 4.59. The topological polar surface area (TPSA) is 126 Å². The number of carbonyl (C=O) groups is 2. The number of benzene rings is 1. The maximum absolute atomic E-state index is 13.1. The number of anilines is 2. The lowest BCUT2D eigenvalue weighted by Gasteiger charge is -2.35. The summed E-state index contributed by atoms with van der Waals surface area (Å²) < 4.78 is 10.5. The minimum Gasteiger partial charge on any atom is -0.497 e. The molecule has 0 bridgehead atoms. The highest BCUT2D eigenvalue weighted by atomic mass is 16.5. The lowest BCUT2D eigenvalue weighted by molar-refractivity contribution is -0.118. The van der Waals surface area contributed by atoms with E-state index in [2.05, 4.69) is 34.1 Å². The van der Waals surface area contributed by atoms with Crippen molar-refractivity contribution in [3.8, 4) is 11.5 Å². The minimum absolute atomic E-state index is 0.0152. The van der Waals surface area contributed by atoms with Crippen LogP contribution in [0, 0.1) is 11.8 Å². The van der Waals surface area contributed by atoms with Crippen LogP contribution in [0.5, 0.6) is 11.5 Å². The van der Waals surface area contributed by atoms with Crippen LogP contribution in [0.3, 0.4) is 0 Å². The highest BCUT2D eigenvalue weighted by Crippen LogP contribution is 2.29. The molecule has 1 aromatic heterocycles. The van der Waals surface area contributed by atoms with Crippen LogP contribution in [0.4, 0.5) is 11.6 Å². The number of nitrogens with one attached hydrogen (secondary N) is 2. The highest BCUT2D eigenvalue weighted by molar-refractivity contribution is 6.23. The zero-order valence-electron chi connectivity index (χ0n) is 19.1. The van der Waals surface area contributed by atoms with Gasteiger partial charge in [-0.25, -0.2) is 0 Å². The van der Waals surface area contributed by atoms with E-state index < -0.39 is 17.4 Å². The monoisotopic (exact) mass is 453 g/mol. The van der Waals surface area contributed by atoms with Crippen molar-refractivity contribution in [2.75, 3.05) is 37.5 Å². The van der Waals surface area contributed by atoms with Gasteiger partial charge in [-0.15, -0.1) is 0 Å². The van der Waals surface area contributed by atoms with Crippen LogP contribution in [0.15, 0.2) is 28.0 Å². The van der Waals surface area contributed by atoms with Crippen molar-refractivity contribution >= 4 is 29.0 Å². The second-order valence-corrected chi connectivity index (χ2v) is 8.62. The van der Waals surface area contributed by atoms with Gasteiger partial charge in [0.15, 0.2) is 5.49 Å². The van der Waals surface area contributed by atoms with E-state index in [0.717, 1.165) is 19.5 Å². The Kier molecular flexibility index (Phi) is 6.17. The standard InChI is InChI=1S/C23H27N5O5/c1-12-7-13(2)11-28(10-12)23-26-20-19(22(31)27-23)15(9-18(29)25-20)21(30)24-16-6-5-14(32-3)8-17(16)33-4/h5-6,8,12-13H,7,9-11H2,1-4H3,(H,24,30)(H,25,26,27,29,31). The SMILES string of the molecule is COc1ccc(NC(=O)C2=c3c(nc(N4CC(C)CC(C)C4)[nH]c3=O)=NC(=O)C2)c(OC)c1. The zero-order chi connectivity index (χ0) is 23.7. The van der Waals surface area contributed by atoms with E-state index in [9.17, 15) is 14.4 Å². The summed E-state index contributed by atoms with van der Waals surface area (Å²) in [6, 6.07) is 4.91. The largest absolute Gasteiger partial charge is 0.497 e. The van der Waals surface area contributed by atoms with Gasteiger partial charge in [-0.1, -0.05) is 13.8 Å². The van der Waals surface area contributed by atoms with E-state index in [0.29, 0.717) is 35.0 Å². The molecule has 174 valence electrons. The molecule has 2 aliphatic heterocycles. The summed E-state index contributed by atoms with van der Waals surface area (Å²) in [5.74, 6) is 1.08. The van der Waals surface area contributed by atoms with Gasteiger partial charge in [0.2, 0.25) is 5.95 Å². The Bertz CT molecular complexity index is 1280. The molecule has 33 heavy (non-hydrogen) atoms. The second-order valence-electron chi connectivity index (χ2n) is 8.62. The Morgan fingerprint density at radius 2 is 1.88 bits per heavy atom. The number of rotatable bonds is 5. The van der Waals surface area contributed by atoms with E-state index in [-0.39, 0.29) is 22.7 Å². The lowest BCUT2D eigenvalue weighted by Crippen LogP contribution is -2.51. The number of amides is 2. The van der Waals surface area contributed by atoms with E-state index in [4.69, 9.17) is 9.47 Å². The Morgan fingerprint density at radius 3 is 2.55 bits per heavy atom. The first-order chi connectivity index (χ1) is 15.8. The van der Waals surface area contributed by atoms with Gasteiger partial charge in [0, 0.05) is 24.7 Å². The van der Waals surface area contributed by atoms with Crippen LogP contribution < -0.4 is 36.0 Å². The predicted octanol–water partition coefficient (Wildman–Crippen LogP) is 0.609. The first kappa shape index (κ1) is 22.5. The van der Waals surface area contributed by atoms with Gasteiger partial charge in [0.1, 0.15) is 11.5 Å². The molecule has 2 atom stereocenters. The third-order valence-electron chi connectivity index (χ3n) is 5.85. The Hall–Kier alpha value is -3.69. The van der Waals surface area contributed by atoms with Crippen molar-refractivity contribution in [1.29, 1.82) is 0 Å². The second kappa shape index (κ2) is 9.05. The number of nitrogens with zero attached hydrogens (tertiary/aromatic N) is 3. The normalized spacial score (nSPS) is 20.1. The molecule has 2 N–H and O–H groups in total. The molecule has 4 rings (SSSR count). The molecule has 1 aromatic carbocycles. The minimum atomic E-state index is -0.594. The van der Waals surface area contributed by atoms with Gasteiger partial charge in [-0.3, -0.25) is 19.4 Å². The molecule has 0 saturated carbocycles. The summed E-state index contributed by atoms with van der Waals surface area (Å²) in [6.45, 7) is 5.79. The quantitative estimate of drug-likeness (QED) is 0.679. The maximum Gasteiger partial charge on any atom is 0.262 e. The van der Waals surface area contributed by atoms with Crippen molar-refractivity contribution < 1.29 is 19.1 Å². The fourth-order valence-corrected chi connectivity index (χ4v) is 4.48. The van der Waals surface area contributed by atoms with Crippen LogP contribution in [0.1, 0.15) is 26.7 Å². The molecule has 3 heterocycles. The molecule has 0 aliphatic carbocycles. The fraction of sp³-hybridized carbons (Fsp3) is 0.435. The summed E-state index contributed by atoms with van der Waals surface area (Å²) in [7, 11) is 2.99. The molecule has 1 saturated heterocycles. The molecule has 0 radical (unpaired) electrons. The van der Waals surface area contributed by atoms with Crippen LogP contribution in [0.2, 0.25) is 0 Å². The van der Waals surface area contributed by atoms with Crippen LogP contribution in [-0.2, 0) is 9.59 Å². The third-order valence-corrected chi connectivity index (χ3v) is 5.85. The van der Waals surface area contributed by atoms with Crippen molar-refractivity contribution in [1.82, 2.24) is 9.97 Å². The Morgan fingerprint density at radius 1 is 1.15 bits per heavy atom. The summed E-state index contributed by atoms with van der Waals surface area (Å²) in [6.07, 6.45) is 0.806. The number of hydrogen-bond acceptors (Lipinski definition) is 7. The van der Waals surface area contributed by atoms with Gasteiger partial charge in [-0.05, 0) is 30.4 Å². The molecule has 10 heteroatoms. The van der Waals surface area contributed by atoms with Crippen molar-refractivity contribution in [3.05, 3.63) is 39.3 Å². The van der Waals surface area contributed by atoms with E-state index >= 15 is 0 Å². The number of carbonyl (C=O) groups excluding carboxylic acids is 2. The zero-order valence-corrected chi connectivity index (χ0v) is 19.1. The summed E-state index contributed by atoms with van der Waals surface area (Å²) in [4.78, 5) is 51.7. The predicted molar refractivity (Wildman–Crippen MR) is 122 cm³/mol. The summed E-state index contributed by atoms with van der Waals surface area (Å²) in [5.41, 5.74) is -0.125. The molecule has 10 nitrogen and oxygen atoms in total. The number of aromatic nitrogens is 2. The van der Waals surface area contributed by atoms with Gasteiger partial charge in [0.05, 0.1) is 31.5 Å². The van der Waals surface area contributed by atoms with E-state index in [1.807, 2.05) is 4.90 Å². The molecular formula is C23H27N5O5.